The molecule has 0 saturated heterocycles. The molecule has 0 aliphatic heterocycles. The summed E-state index contributed by atoms with van der Waals surface area (Å²) in [5.74, 6) is 0. The second kappa shape index (κ2) is 9.38. The van der Waals surface area contributed by atoms with Crippen LogP contribution in [-0.2, 0) is 31.1 Å². The van der Waals surface area contributed by atoms with Crippen molar-refractivity contribution < 1.29 is 0 Å². The van der Waals surface area contributed by atoms with E-state index >= 15 is 0 Å². The predicted octanol–water partition coefficient (Wildman–Crippen LogP) is 7.10. The molecule has 0 aliphatic carbocycles. The van der Waals surface area contributed by atoms with Gasteiger partial charge < -0.3 is 0 Å². The van der Waals surface area contributed by atoms with Gasteiger partial charge in [0.15, 0.2) is 0 Å². The van der Waals surface area contributed by atoms with Gasteiger partial charge in [0, 0.05) is 31.1 Å². The molecule has 0 heterocycles. The molecule has 0 amide bonds. The van der Waals surface area contributed by atoms with Crippen molar-refractivity contribution in [2.75, 3.05) is 0 Å². The van der Waals surface area contributed by atoms with Crippen LogP contribution >= 0.6 is 102 Å². The maximum atomic E-state index is 3.65. The van der Waals surface area contributed by atoms with Gasteiger partial charge in [0.1, 0.15) is 0 Å². The lowest BCUT2D eigenvalue weighted by Gasteiger charge is -2.22. The summed E-state index contributed by atoms with van der Waals surface area (Å²) in [4.78, 5) is 0. The Morgan fingerprint density at radius 2 is 0.722 bits per heavy atom. The molecule has 0 fully saturated rings. The van der Waals surface area contributed by atoms with Gasteiger partial charge in [0.05, 0.1) is 0 Å². The Labute approximate surface area is 164 Å². The van der Waals surface area contributed by atoms with E-state index < -0.39 is 0 Å². The third kappa shape index (κ3) is 3.76. The minimum atomic E-state index is 0.899. The lowest BCUT2D eigenvalue weighted by atomic mass is 9.90. The van der Waals surface area contributed by atoms with Crippen molar-refractivity contribution in [1.29, 1.82) is 0 Å². The first kappa shape index (κ1) is 18.4. The van der Waals surface area contributed by atoms with Gasteiger partial charge in [-0.1, -0.05) is 102 Å². The van der Waals surface area contributed by atoms with Gasteiger partial charge in [0.2, 0.25) is 0 Å². The summed E-state index contributed by atoms with van der Waals surface area (Å²) in [6, 6.07) is 0. The van der Waals surface area contributed by atoms with Crippen LogP contribution in [-0.4, -0.2) is 0 Å². The molecule has 0 unspecified atom stereocenters. The molecule has 1 rings (SSSR count). The monoisotopic (exact) mass is 678 g/mol. The van der Waals surface area contributed by atoms with E-state index in [-0.39, 0.29) is 0 Å². The molecular formula is C12H12Br5I. The molecule has 0 bridgehead atoms. The number of hydrogen-bond acceptors (Lipinski definition) is 0. The predicted molar refractivity (Wildman–Crippen MR) is 107 cm³/mol. The van der Waals surface area contributed by atoms with Gasteiger partial charge in [-0.25, -0.2) is 0 Å². The molecule has 0 radical (unpaired) electrons. The van der Waals surface area contributed by atoms with Crippen molar-refractivity contribution in [1.82, 2.24) is 0 Å². The standard InChI is InChI=1S/C12H12Br5I/c13-1-7-8(2-14)10(4-16)12(6-18)11(5-17)9(7)3-15/h1-6H2. The summed E-state index contributed by atoms with van der Waals surface area (Å²) in [7, 11) is 0. The van der Waals surface area contributed by atoms with Gasteiger partial charge in [-0.3, -0.25) is 0 Å². The van der Waals surface area contributed by atoms with Crippen LogP contribution in [0.2, 0.25) is 0 Å². The highest BCUT2D eigenvalue weighted by Gasteiger charge is 2.20. The second-order valence-electron chi connectivity index (χ2n) is 3.67. The second-order valence-corrected chi connectivity index (χ2v) is 7.24. The summed E-state index contributed by atoms with van der Waals surface area (Å²) < 4.78 is 1.04. The molecule has 0 spiro atoms. The summed E-state index contributed by atoms with van der Waals surface area (Å²) in [6.07, 6.45) is 0. The Bertz CT molecular complexity index is 299. The lowest BCUT2D eigenvalue weighted by Crippen LogP contribution is -2.09. The van der Waals surface area contributed by atoms with E-state index in [0.717, 1.165) is 31.1 Å². The fourth-order valence-electron chi connectivity index (χ4n) is 2.06. The average molecular weight is 683 g/mol. The number of hydrogen-bond donors (Lipinski definition) is 0. The molecule has 0 aromatic heterocycles. The summed E-state index contributed by atoms with van der Waals surface area (Å²) >= 11 is 20.7. The highest BCUT2D eigenvalue weighted by Crippen LogP contribution is 2.36. The van der Waals surface area contributed by atoms with Gasteiger partial charge >= 0.3 is 0 Å². The van der Waals surface area contributed by atoms with Crippen molar-refractivity contribution in [2.24, 2.45) is 0 Å². The third-order valence-electron chi connectivity index (χ3n) is 2.99. The molecule has 102 valence electrons. The Balaban J connectivity index is 3.71. The van der Waals surface area contributed by atoms with E-state index in [2.05, 4.69) is 102 Å². The highest BCUT2D eigenvalue weighted by molar-refractivity contribution is 14.1. The van der Waals surface area contributed by atoms with Crippen molar-refractivity contribution in [2.45, 2.75) is 31.1 Å². The number of benzene rings is 1. The SMILES string of the molecule is BrCc1c(CBr)c(CBr)c(CI)c(CBr)c1CBr. The third-order valence-corrected chi connectivity index (χ3v) is 6.55. The van der Waals surface area contributed by atoms with Crippen molar-refractivity contribution in [3.05, 3.63) is 33.4 Å². The number of rotatable bonds is 6. The first-order valence-electron chi connectivity index (χ1n) is 5.22. The van der Waals surface area contributed by atoms with Crippen LogP contribution in [0.15, 0.2) is 0 Å². The first-order valence-corrected chi connectivity index (χ1v) is 12.4. The van der Waals surface area contributed by atoms with E-state index in [1.165, 1.54) is 33.4 Å². The smallest absolute Gasteiger partial charge is 0.0289 e. The highest BCUT2D eigenvalue weighted by atomic mass is 127. The Hall–Kier alpha value is 2.35. The van der Waals surface area contributed by atoms with Gasteiger partial charge in [-0.2, -0.15) is 0 Å². The van der Waals surface area contributed by atoms with Crippen molar-refractivity contribution in [3.8, 4) is 0 Å². The van der Waals surface area contributed by atoms with Crippen LogP contribution < -0.4 is 0 Å². The van der Waals surface area contributed by atoms with Crippen molar-refractivity contribution >= 4 is 102 Å². The first-order chi connectivity index (χ1) is 8.69. The van der Waals surface area contributed by atoms with E-state index in [0.29, 0.717) is 0 Å². The molecule has 1 aromatic rings. The van der Waals surface area contributed by atoms with Crippen molar-refractivity contribution in [3.63, 3.8) is 0 Å². The molecule has 0 saturated carbocycles. The normalized spacial score (nSPS) is 11.0. The van der Waals surface area contributed by atoms with Crippen LogP contribution in [0, 0.1) is 0 Å². The quantitative estimate of drug-likeness (QED) is 0.222. The van der Waals surface area contributed by atoms with E-state index in [1.54, 1.807) is 0 Å². The van der Waals surface area contributed by atoms with E-state index in [9.17, 15) is 0 Å². The van der Waals surface area contributed by atoms with Gasteiger partial charge in [0.25, 0.3) is 0 Å². The molecule has 0 nitrogen and oxygen atoms in total. The maximum absolute atomic E-state index is 3.65. The summed E-state index contributed by atoms with van der Waals surface area (Å²) in [6.45, 7) is 0. The molecule has 1 aromatic carbocycles. The zero-order valence-electron chi connectivity index (χ0n) is 9.51. The Morgan fingerprint density at radius 3 is 0.889 bits per heavy atom. The Kier molecular flexibility index (Phi) is 9.59. The average Bonchev–Trinajstić information content (AvgIpc) is 2.43. The van der Waals surface area contributed by atoms with Gasteiger partial charge in [-0.05, 0) is 33.4 Å². The molecule has 0 aliphatic rings. The topological polar surface area (TPSA) is 0 Å². The molecule has 0 atom stereocenters. The maximum Gasteiger partial charge on any atom is 0.0289 e. The number of alkyl halides is 6. The Morgan fingerprint density at radius 1 is 0.500 bits per heavy atom. The van der Waals surface area contributed by atoms with Crippen LogP contribution in [0.1, 0.15) is 33.4 Å². The van der Waals surface area contributed by atoms with Crippen LogP contribution in [0.4, 0.5) is 0 Å². The summed E-state index contributed by atoms with van der Waals surface area (Å²) in [5, 5.41) is 4.53. The van der Waals surface area contributed by atoms with Crippen LogP contribution in [0.5, 0.6) is 0 Å². The fourth-order valence-corrected chi connectivity index (χ4v) is 6.37. The van der Waals surface area contributed by atoms with Crippen LogP contribution in [0.25, 0.3) is 0 Å². The number of halogens is 6. The molecule has 6 heteroatoms. The minimum absolute atomic E-state index is 0.899. The lowest BCUT2D eigenvalue weighted by molar-refractivity contribution is 1.09. The van der Waals surface area contributed by atoms with Gasteiger partial charge in [-0.15, -0.1) is 0 Å². The largest absolute Gasteiger partial charge is 0.0876 e. The van der Waals surface area contributed by atoms with Crippen LogP contribution in [0.3, 0.4) is 0 Å². The zero-order valence-corrected chi connectivity index (χ0v) is 19.6. The minimum Gasteiger partial charge on any atom is -0.0876 e. The fraction of sp³-hybridized carbons (Fsp3) is 0.500. The summed E-state index contributed by atoms with van der Waals surface area (Å²) in [5.41, 5.74) is 8.62. The molecule has 0 N–H and O–H groups in total. The molecule has 18 heavy (non-hydrogen) atoms. The van der Waals surface area contributed by atoms with E-state index in [4.69, 9.17) is 0 Å². The zero-order chi connectivity index (χ0) is 13.7. The molecular weight excluding hydrogens is 671 g/mol. The van der Waals surface area contributed by atoms with E-state index in [1.807, 2.05) is 0 Å².